The smallest absolute Gasteiger partial charge is 0.255 e. The molecule has 1 aliphatic rings. The van der Waals surface area contributed by atoms with Gasteiger partial charge in [0.25, 0.3) is 5.91 Å². The van der Waals surface area contributed by atoms with E-state index in [0.29, 0.717) is 24.6 Å². The van der Waals surface area contributed by atoms with Crippen LogP contribution in [-0.4, -0.2) is 12.1 Å². The minimum Gasteiger partial charge on any atom is -0.489 e. The quantitative estimate of drug-likeness (QED) is 0.205. The van der Waals surface area contributed by atoms with Crippen LogP contribution in [0.3, 0.4) is 0 Å². The van der Waals surface area contributed by atoms with Crippen LogP contribution >= 0.6 is 27.3 Å². The summed E-state index contributed by atoms with van der Waals surface area (Å²) in [4.78, 5) is 19.5. The first-order valence-corrected chi connectivity index (χ1v) is 14.8. The molecule has 2 heterocycles. The molecule has 0 saturated heterocycles. The van der Waals surface area contributed by atoms with Crippen molar-refractivity contribution in [3.05, 3.63) is 104 Å². The Morgan fingerprint density at radius 3 is 2.62 bits per heavy atom. The molecular formula is C32H33BrN2O3S. The molecule has 2 aromatic heterocycles. The van der Waals surface area contributed by atoms with Crippen molar-refractivity contribution in [1.29, 1.82) is 0 Å². The second-order valence-electron chi connectivity index (χ2n) is 11.0. The van der Waals surface area contributed by atoms with Crippen LogP contribution in [0.15, 0.2) is 80.8 Å². The maximum Gasteiger partial charge on any atom is 0.255 e. The van der Waals surface area contributed by atoms with E-state index in [1.165, 1.54) is 4.88 Å². The lowest BCUT2D eigenvalue weighted by Crippen LogP contribution is -2.28. The first kappa shape index (κ1) is 27.4. The lowest BCUT2D eigenvalue weighted by Gasteiger charge is -2.33. The highest BCUT2D eigenvalue weighted by Crippen LogP contribution is 2.45. The van der Waals surface area contributed by atoms with Gasteiger partial charge in [0.05, 0.1) is 18.4 Å². The molecule has 0 saturated carbocycles. The van der Waals surface area contributed by atoms with Gasteiger partial charge in [0, 0.05) is 15.6 Å². The zero-order chi connectivity index (χ0) is 27.4. The number of carbonyl (C=O) groups excluding carboxylic acids is 1. The molecular weight excluding hydrogens is 572 g/mol. The van der Waals surface area contributed by atoms with Crippen LogP contribution in [0.2, 0.25) is 0 Å². The number of carbonyl (C=O) groups is 1. The molecule has 0 radical (unpaired) electrons. The minimum absolute atomic E-state index is 0.0954. The molecule has 39 heavy (non-hydrogen) atoms. The van der Waals surface area contributed by atoms with E-state index in [1.54, 1.807) is 17.6 Å². The number of halogens is 1. The van der Waals surface area contributed by atoms with Gasteiger partial charge in [0.2, 0.25) is 0 Å². The van der Waals surface area contributed by atoms with Gasteiger partial charge in [-0.25, -0.2) is 4.99 Å². The Kier molecular flexibility index (Phi) is 8.38. The van der Waals surface area contributed by atoms with Crippen LogP contribution in [0.1, 0.15) is 64.9 Å². The van der Waals surface area contributed by atoms with E-state index in [0.717, 1.165) is 56.9 Å². The third-order valence-electron chi connectivity index (χ3n) is 7.23. The number of benzene rings is 2. The van der Waals surface area contributed by atoms with Gasteiger partial charge in [0.15, 0.2) is 0 Å². The Morgan fingerprint density at radius 2 is 1.92 bits per heavy atom. The number of aliphatic imine (C=N–C) groups is 1. The van der Waals surface area contributed by atoms with E-state index in [-0.39, 0.29) is 11.3 Å². The highest BCUT2D eigenvalue weighted by Gasteiger charge is 2.33. The molecule has 0 fully saturated rings. The van der Waals surface area contributed by atoms with Crippen molar-refractivity contribution in [3.8, 4) is 5.75 Å². The van der Waals surface area contributed by atoms with Gasteiger partial charge in [0.1, 0.15) is 23.1 Å². The molecule has 5 rings (SSSR count). The number of hydrogen-bond acceptors (Lipinski definition) is 5. The van der Waals surface area contributed by atoms with Crippen LogP contribution in [0, 0.1) is 11.3 Å². The fraction of sp³-hybridized carbons (Fsp3) is 0.312. The van der Waals surface area contributed by atoms with Gasteiger partial charge >= 0.3 is 0 Å². The van der Waals surface area contributed by atoms with Crippen molar-refractivity contribution in [2.24, 2.45) is 16.3 Å². The molecule has 1 amide bonds. The third-order valence-corrected chi connectivity index (χ3v) is 8.92. The number of nitrogens with one attached hydrogen (secondary N) is 1. The predicted molar refractivity (Wildman–Crippen MR) is 161 cm³/mol. The number of nitrogens with zero attached hydrogens (tertiary/aromatic N) is 1. The van der Waals surface area contributed by atoms with Crippen molar-refractivity contribution in [3.63, 3.8) is 0 Å². The van der Waals surface area contributed by atoms with Crippen LogP contribution in [0.25, 0.3) is 0 Å². The Hall–Kier alpha value is -3.16. The van der Waals surface area contributed by atoms with Gasteiger partial charge in [-0.15, -0.1) is 11.3 Å². The van der Waals surface area contributed by atoms with Crippen molar-refractivity contribution in [2.45, 2.75) is 53.2 Å². The highest BCUT2D eigenvalue weighted by atomic mass is 79.9. The summed E-state index contributed by atoms with van der Waals surface area (Å²) in [6.07, 6.45) is 6.42. The topological polar surface area (TPSA) is 63.8 Å². The molecule has 7 heteroatoms. The van der Waals surface area contributed by atoms with Crippen molar-refractivity contribution in [2.75, 3.05) is 0 Å². The van der Waals surface area contributed by atoms with Crippen LogP contribution < -0.4 is 10.1 Å². The number of thiophene rings is 1. The molecule has 0 bridgehead atoms. The summed E-state index contributed by atoms with van der Waals surface area (Å²) in [6, 6.07) is 19.7. The second-order valence-corrected chi connectivity index (χ2v) is 13.0. The van der Waals surface area contributed by atoms with Crippen molar-refractivity contribution in [1.82, 2.24) is 5.32 Å². The first-order chi connectivity index (χ1) is 18.8. The Balaban J connectivity index is 1.33. The van der Waals surface area contributed by atoms with Crippen molar-refractivity contribution >= 4 is 44.4 Å². The van der Waals surface area contributed by atoms with Crippen LogP contribution in [-0.2, 0) is 26.0 Å². The molecule has 0 aliphatic heterocycles. The molecule has 202 valence electrons. The monoisotopic (exact) mass is 604 g/mol. The summed E-state index contributed by atoms with van der Waals surface area (Å²) in [5.74, 6) is 2.02. The number of amides is 1. The lowest BCUT2D eigenvalue weighted by molar-refractivity contribution is 0.0947. The van der Waals surface area contributed by atoms with Gasteiger partial charge in [-0.2, -0.15) is 0 Å². The van der Waals surface area contributed by atoms with Crippen molar-refractivity contribution < 1.29 is 13.9 Å². The van der Waals surface area contributed by atoms with Gasteiger partial charge in [-0.1, -0.05) is 48.8 Å². The molecule has 2 aromatic carbocycles. The zero-order valence-electron chi connectivity index (χ0n) is 22.5. The average molecular weight is 606 g/mol. The number of rotatable bonds is 8. The first-order valence-electron chi connectivity index (χ1n) is 13.2. The van der Waals surface area contributed by atoms with Crippen LogP contribution in [0.4, 0.5) is 5.00 Å². The summed E-state index contributed by atoms with van der Waals surface area (Å²) in [5.41, 5.74) is 4.15. The predicted octanol–water partition coefficient (Wildman–Crippen LogP) is 8.51. The third kappa shape index (κ3) is 6.89. The summed E-state index contributed by atoms with van der Waals surface area (Å²) >= 11 is 5.11. The molecule has 0 unspecified atom stereocenters. The Bertz CT molecular complexity index is 1430. The van der Waals surface area contributed by atoms with E-state index in [9.17, 15) is 4.79 Å². The molecule has 1 aliphatic carbocycles. The average Bonchev–Trinajstić information content (AvgIpc) is 3.58. The Morgan fingerprint density at radius 1 is 1.15 bits per heavy atom. The van der Waals surface area contributed by atoms with E-state index in [2.05, 4.69) is 42.0 Å². The molecule has 5 nitrogen and oxygen atoms in total. The van der Waals surface area contributed by atoms with E-state index in [4.69, 9.17) is 14.1 Å². The van der Waals surface area contributed by atoms with Gasteiger partial charge in [-0.3, -0.25) is 4.79 Å². The number of ether oxygens (including phenoxy) is 1. The lowest BCUT2D eigenvalue weighted by atomic mass is 9.72. The zero-order valence-corrected chi connectivity index (χ0v) is 24.9. The fourth-order valence-corrected chi connectivity index (χ4v) is 6.37. The molecule has 0 spiro atoms. The van der Waals surface area contributed by atoms with E-state index < -0.39 is 0 Å². The molecule has 1 atom stereocenters. The number of hydrogen-bond donors (Lipinski definition) is 1. The van der Waals surface area contributed by atoms with Gasteiger partial charge < -0.3 is 14.5 Å². The Labute approximate surface area is 242 Å². The summed E-state index contributed by atoms with van der Waals surface area (Å²) in [5, 5.41) is 3.80. The second kappa shape index (κ2) is 11.9. The maximum atomic E-state index is 13.4. The fourth-order valence-electron chi connectivity index (χ4n) is 4.84. The van der Waals surface area contributed by atoms with Gasteiger partial charge in [-0.05, 0) is 95.8 Å². The summed E-state index contributed by atoms with van der Waals surface area (Å²) in [7, 11) is 0. The summed E-state index contributed by atoms with van der Waals surface area (Å²) in [6.45, 7) is 7.77. The number of furan rings is 1. The normalized spacial score (nSPS) is 15.3. The molecule has 4 aromatic rings. The standard InChI is InChI=1S/C32H33BrN2O3S/c1-32(2,3)23-10-15-27-28(17-23)39-31(29(27)30(36)34-19-26-5-4-16-37-26)35-18-21-8-13-25(14-9-21)38-20-22-6-11-24(33)12-7-22/h4-9,11-14,16,18,23H,10,15,17,19-20H2,1-3H3,(H,34,36)/t23-/m0/s1. The molecule has 1 N–H and O–H groups in total. The maximum absolute atomic E-state index is 13.4. The van der Waals surface area contributed by atoms with E-state index >= 15 is 0 Å². The highest BCUT2D eigenvalue weighted by molar-refractivity contribution is 9.10. The SMILES string of the molecule is CC(C)(C)[C@H]1CCc2c(sc(N=Cc3ccc(OCc4ccc(Br)cc4)cc3)c2C(=O)NCc2ccco2)C1. The largest absolute Gasteiger partial charge is 0.489 e. The number of fused-ring (bicyclic) bond motifs is 1. The minimum atomic E-state index is -0.0954. The summed E-state index contributed by atoms with van der Waals surface area (Å²) < 4.78 is 12.4. The van der Waals surface area contributed by atoms with E-state index in [1.807, 2.05) is 66.9 Å². The van der Waals surface area contributed by atoms with Crippen LogP contribution in [0.5, 0.6) is 5.75 Å².